The molecule has 5 N–H and O–H groups in total. The van der Waals surface area contributed by atoms with Crippen LogP contribution >= 0.6 is 0 Å². The van der Waals surface area contributed by atoms with E-state index >= 15 is 0 Å². The highest BCUT2D eigenvalue weighted by Crippen LogP contribution is 2.34. The molecule has 0 aromatic heterocycles. The molecule has 13 nitrogen and oxygen atoms in total. The van der Waals surface area contributed by atoms with Crippen molar-refractivity contribution in [2.75, 3.05) is 33.0 Å². The first-order valence-electron chi connectivity index (χ1n) is 15.3. The van der Waals surface area contributed by atoms with Crippen LogP contribution in [0.2, 0.25) is 0 Å². The summed E-state index contributed by atoms with van der Waals surface area (Å²) in [4.78, 5) is 71.4. The Bertz CT molecular complexity index is 871. The number of rotatable bonds is 19. The Balaban J connectivity index is -0.00000125. The molecule has 44 heavy (non-hydrogen) atoms. The van der Waals surface area contributed by atoms with Gasteiger partial charge >= 0.3 is 11.9 Å². The predicted octanol–water partition coefficient (Wildman–Crippen LogP) is 3.57. The SMILES string of the molecule is CC.CC.CC.CC(=O)COCCOCCNC(=O)C(C)(C)NC(=O)CC[C@@H](NC(=O)C(C)(C)CC(C)(C)C(=O)O)C(=O)O. The quantitative estimate of drug-likeness (QED) is 0.131. The van der Waals surface area contributed by atoms with Crippen molar-refractivity contribution in [3.63, 3.8) is 0 Å². The topological polar surface area (TPSA) is 197 Å². The number of carboxylic acid groups (broad SMARTS) is 2. The van der Waals surface area contributed by atoms with Crippen LogP contribution in [0.3, 0.4) is 0 Å². The lowest BCUT2D eigenvalue weighted by Crippen LogP contribution is -2.55. The molecule has 3 amide bonds. The number of hydrogen-bond donors (Lipinski definition) is 5. The number of aliphatic carboxylic acids is 2. The summed E-state index contributed by atoms with van der Waals surface area (Å²) >= 11 is 0. The number of nitrogens with one attached hydrogen (secondary N) is 3. The number of ether oxygens (including phenoxy) is 2. The average Bonchev–Trinajstić information content (AvgIpc) is 2.94. The summed E-state index contributed by atoms with van der Waals surface area (Å²) in [5.41, 5.74) is -3.68. The largest absolute Gasteiger partial charge is 0.481 e. The number of Topliss-reactive ketones (excluding diaryl/α,β-unsaturated/α-hetero) is 1. The molecule has 1 atom stereocenters. The molecule has 0 heterocycles. The van der Waals surface area contributed by atoms with Crippen molar-refractivity contribution in [1.29, 1.82) is 0 Å². The summed E-state index contributed by atoms with van der Waals surface area (Å²) in [5.74, 6) is -4.23. The van der Waals surface area contributed by atoms with Crippen LogP contribution in [-0.2, 0) is 38.2 Å². The van der Waals surface area contributed by atoms with Gasteiger partial charge in [-0.1, -0.05) is 55.4 Å². The molecule has 0 saturated heterocycles. The molecule has 0 radical (unpaired) electrons. The Morgan fingerprint density at radius 2 is 1.23 bits per heavy atom. The van der Waals surface area contributed by atoms with Crippen LogP contribution in [0.25, 0.3) is 0 Å². The Kier molecular flexibility index (Phi) is 27.5. The summed E-state index contributed by atoms with van der Waals surface area (Å²) in [6.07, 6.45) is -0.545. The Morgan fingerprint density at radius 1 is 0.727 bits per heavy atom. The zero-order chi connectivity index (χ0) is 35.7. The summed E-state index contributed by atoms with van der Waals surface area (Å²) in [5, 5.41) is 26.4. The van der Waals surface area contributed by atoms with Crippen LogP contribution in [-0.4, -0.2) is 90.2 Å². The molecule has 0 rings (SSSR count). The van der Waals surface area contributed by atoms with Crippen LogP contribution in [0.15, 0.2) is 0 Å². The highest BCUT2D eigenvalue weighted by Gasteiger charge is 2.40. The van der Waals surface area contributed by atoms with Gasteiger partial charge in [0.1, 0.15) is 18.2 Å². The molecule has 0 unspecified atom stereocenters. The molecule has 0 saturated carbocycles. The molecular weight excluding hydrogens is 574 g/mol. The van der Waals surface area contributed by atoms with Crippen molar-refractivity contribution in [3.8, 4) is 0 Å². The molecule has 260 valence electrons. The van der Waals surface area contributed by atoms with Gasteiger partial charge in [-0.2, -0.15) is 0 Å². The van der Waals surface area contributed by atoms with E-state index in [4.69, 9.17) is 9.47 Å². The van der Waals surface area contributed by atoms with Crippen LogP contribution < -0.4 is 16.0 Å². The molecular formula is C31H61N3O10. The average molecular weight is 636 g/mol. The minimum Gasteiger partial charge on any atom is -0.481 e. The monoisotopic (exact) mass is 635 g/mol. The van der Waals surface area contributed by atoms with Crippen molar-refractivity contribution in [2.24, 2.45) is 10.8 Å². The molecule has 0 aromatic carbocycles. The van der Waals surface area contributed by atoms with Crippen LogP contribution in [0, 0.1) is 10.8 Å². The fraction of sp³-hybridized carbons (Fsp3) is 0.806. The van der Waals surface area contributed by atoms with E-state index in [0.29, 0.717) is 0 Å². The van der Waals surface area contributed by atoms with Crippen molar-refractivity contribution < 1.29 is 48.5 Å². The van der Waals surface area contributed by atoms with E-state index < -0.39 is 52.1 Å². The maximum absolute atomic E-state index is 12.7. The van der Waals surface area contributed by atoms with Gasteiger partial charge < -0.3 is 35.6 Å². The Hall–Kier alpha value is -3.06. The van der Waals surface area contributed by atoms with E-state index in [-0.39, 0.29) is 58.0 Å². The van der Waals surface area contributed by atoms with Gasteiger partial charge in [-0.3, -0.25) is 24.0 Å². The van der Waals surface area contributed by atoms with E-state index in [1.165, 1.54) is 48.5 Å². The molecule has 13 heteroatoms. The molecule has 0 aliphatic heterocycles. The van der Waals surface area contributed by atoms with E-state index in [0.717, 1.165) is 0 Å². The number of hydrogen-bond acceptors (Lipinski definition) is 8. The number of ketones is 1. The van der Waals surface area contributed by atoms with Gasteiger partial charge in [0.25, 0.3) is 0 Å². The Labute approximate surface area is 264 Å². The number of carbonyl (C=O) groups is 6. The maximum atomic E-state index is 12.7. The van der Waals surface area contributed by atoms with Crippen molar-refractivity contribution in [2.45, 2.75) is 121 Å². The van der Waals surface area contributed by atoms with E-state index in [9.17, 15) is 39.0 Å². The molecule has 0 bridgehead atoms. The predicted molar refractivity (Wildman–Crippen MR) is 170 cm³/mol. The van der Waals surface area contributed by atoms with Crippen molar-refractivity contribution in [1.82, 2.24) is 16.0 Å². The fourth-order valence-corrected chi connectivity index (χ4v) is 3.51. The maximum Gasteiger partial charge on any atom is 0.326 e. The fourth-order valence-electron chi connectivity index (χ4n) is 3.51. The lowest BCUT2D eigenvalue weighted by molar-refractivity contribution is -0.151. The van der Waals surface area contributed by atoms with Gasteiger partial charge in [-0.25, -0.2) is 4.79 Å². The van der Waals surface area contributed by atoms with Gasteiger partial charge in [0.15, 0.2) is 5.78 Å². The second kappa shape index (κ2) is 25.3. The van der Waals surface area contributed by atoms with Crippen LogP contribution in [0.4, 0.5) is 0 Å². The molecule has 0 aliphatic carbocycles. The zero-order valence-corrected chi connectivity index (χ0v) is 29.4. The first-order chi connectivity index (χ1) is 20.3. The smallest absolute Gasteiger partial charge is 0.326 e. The molecule has 0 fully saturated rings. The first-order valence-corrected chi connectivity index (χ1v) is 15.3. The Morgan fingerprint density at radius 3 is 1.68 bits per heavy atom. The van der Waals surface area contributed by atoms with Crippen molar-refractivity contribution >= 4 is 35.4 Å². The third-order valence-electron chi connectivity index (χ3n) is 5.57. The van der Waals surface area contributed by atoms with E-state index in [1.807, 2.05) is 41.5 Å². The van der Waals surface area contributed by atoms with Crippen LogP contribution in [0.5, 0.6) is 0 Å². The summed E-state index contributed by atoms with van der Waals surface area (Å²) in [7, 11) is 0. The molecule has 0 spiro atoms. The summed E-state index contributed by atoms with van der Waals surface area (Å²) in [6.45, 7) is 23.2. The van der Waals surface area contributed by atoms with Gasteiger partial charge in [-0.05, 0) is 47.5 Å². The number of carboxylic acids is 2. The summed E-state index contributed by atoms with van der Waals surface area (Å²) < 4.78 is 10.3. The van der Waals surface area contributed by atoms with Crippen LogP contribution in [0.1, 0.15) is 109 Å². The highest BCUT2D eigenvalue weighted by atomic mass is 16.5. The third-order valence-corrected chi connectivity index (χ3v) is 5.57. The zero-order valence-electron chi connectivity index (χ0n) is 29.4. The normalized spacial score (nSPS) is 11.5. The third kappa shape index (κ3) is 22.5. The van der Waals surface area contributed by atoms with Gasteiger partial charge in [0.05, 0.1) is 25.2 Å². The minimum atomic E-state index is -1.38. The van der Waals surface area contributed by atoms with Crippen molar-refractivity contribution in [3.05, 3.63) is 0 Å². The minimum absolute atomic E-state index is 0.0106. The van der Waals surface area contributed by atoms with Gasteiger partial charge in [0, 0.05) is 18.4 Å². The van der Waals surface area contributed by atoms with E-state index in [1.54, 1.807) is 0 Å². The molecule has 0 aromatic rings. The highest BCUT2D eigenvalue weighted by molar-refractivity contribution is 5.91. The molecule has 0 aliphatic rings. The first kappa shape index (κ1) is 47.9. The second-order valence-corrected chi connectivity index (χ2v) is 10.9. The van der Waals surface area contributed by atoms with E-state index in [2.05, 4.69) is 16.0 Å². The lowest BCUT2D eigenvalue weighted by Gasteiger charge is -2.32. The lowest BCUT2D eigenvalue weighted by atomic mass is 9.74. The number of amides is 3. The standard InChI is InChI=1S/C25H43N3O10.3C2H6/c1-16(29)14-38-13-12-37-11-10-26-21(34)25(6,7)28-18(30)9-8-17(19(31)32)27-20(33)23(2,3)15-24(4,5)22(35)36;3*1-2/h17H,8-15H2,1-7H3,(H,26,34)(H,27,33)(H,28,30)(H,31,32)(H,35,36);3*1-2H3/t17-;;;/m1.../s1. The number of carbonyl (C=O) groups excluding carboxylic acids is 4. The summed E-state index contributed by atoms with van der Waals surface area (Å²) in [6, 6.07) is -1.38. The van der Waals surface area contributed by atoms with Gasteiger partial charge in [0.2, 0.25) is 17.7 Å². The van der Waals surface area contributed by atoms with Gasteiger partial charge in [-0.15, -0.1) is 0 Å². The second-order valence-electron chi connectivity index (χ2n) is 10.9.